The molecule has 1 heterocycles. The van der Waals surface area contributed by atoms with Gasteiger partial charge >= 0.3 is 0 Å². The van der Waals surface area contributed by atoms with E-state index in [1.54, 1.807) is 12.1 Å². The lowest BCUT2D eigenvalue weighted by atomic mass is 10.2. The molecule has 0 aliphatic heterocycles. The number of fused-ring (bicyclic) bond motifs is 1. The van der Waals surface area contributed by atoms with Crippen molar-refractivity contribution in [3.05, 3.63) is 28.6 Å². The number of hydrogen-bond acceptors (Lipinski definition) is 3. The molecule has 0 unspecified atom stereocenters. The van der Waals surface area contributed by atoms with E-state index in [0.717, 1.165) is 30.5 Å². The van der Waals surface area contributed by atoms with Gasteiger partial charge in [0.2, 0.25) is 0 Å². The average Bonchev–Trinajstić information content (AvgIpc) is 2.99. The van der Waals surface area contributed by atoms with Crippen molar-refractivity contribution < 1.29 is 9.21 Å². The molecule has 0 spiro atoms. The van der Waals surface area contributed by atoms with Crippen LogP contribution in [0.25, 0.3) is 11.1 Å². The summed E-state index contributed by atoms with van der Waals surface area (Å²) >= 11 is 5.89. The number of benzene rings is 1. The van der Waals surface area contributed by atoms with Crippen LogP contribution in [0.4, 0.5) is 0 Å². The Labute approximate surface area is 91.0 Å². The minimum Gasteiger partial charge on any atom is -0.440 e. The Balaban J connectivity index is 2.20. The van der Waals surface area contributed by atoms with E-state index in [4.69, 9.17) is 16.0 Å². The highest BCUT2D eigenvalue weighted by molar-refractivity contribution is 6.33. The van der Waals surface area contributed by atoms with Gasteiger partial charge in [0.1, 0.15) is 5.52 Å². The van der Waals surface area contributed by atoms with Crippen molar-refractivity contribution in [2.75, 3.05) is 0 Å². The number of oxazole rings is 1. The molecule has 0 N–H and O–H groups in total. The number of aldehydes is 1. The van der Waals surface area contributed by atoms with Gasteiger partial charge in [-0.15, -0.1) is 0 Å². The van der Waals surface area contributed by atoms with Crippen LogP contribution in [0, 0.1) is 0 Å². The SMILES string of the molecule is O=Cc1cc2oc(C3CC3)nc2cc1Cl. The molecule has 15 heavy (non-hydrogen) atoms. The van der Waals surface area contributed by atoms with Gasteiger partial charge in [0.05, 0.1) is 5.02 Å². The lowest BCUT2D eigenvalue weighted by Gasteiger charge is -1.93. The topological polar surface area (TPSA) is 43.1 Å². The minimum atomic E-state index is 0.424. The van der Waals surface area contributed by atoms with Gasteiger partial charge < -0.3 is 4.42 Å². The molecular formula is C11H8ClNO2. The van der Waals surface area contributed by atoms with Crippen molar-refractivity contribution in [3.8, 4) is 0 Å². The van der Waals surface area contributed by atoms with E-state index in [9.17, 15) is 4.79 Å². The first-order valence-electron chi connectivity index (χ1n) is 4.83. The molecular weight excluding hydrogens is 214 g/mol. The molecule has 0 bridgehead atoms. The summed E-state index contributed by atoms with van der Waals surface area (Å²) in [6.07, 6.45) is 3.00. The molecule has 2 aromatic rings. The van der Waals surface area contributed by atoms with E-state index >= 15 is 0 Å². The molecule has 76 valence electrons. The quantitative estimate of drug-likeness (QED) is 0.732. The lowest BCUT2D eigenvalue weighted by molar-refractivity contribution is 0.112. The van der Waals surface area contributed by atoms with E-state index in [2.05, 4.69) is 4.98 Å². The molecule has 3 rings (SSSR count). The van der Waals surface area contributed by atoms with Crippen molar-refractivity contribution in [3.63, 3.8) is 0 Å². The third-order valence-corrected chi connectivity index (χ3v) is 2.90. The smallest absolute Gasteiger partial charge is 0.198 e. The molecule has 4 heteroatoms. The summed E-state index contributed by atoms with van der Waals surface area (Å²) in [5, 5.41) is 0.424. The monoisotopic (exact) mass is 221 g/mol. The number of rotatable bonds is 2. The van der Waals surface area contributed by atoms with Gasteiger partial charge in [0.25, 0.3) is 0 Å². The molecule has 1 aliphatic carbocycles. The third kappa shape index (κ3) is 1.43. The van der Waals surface area contributed by atoms with Crippen LogP contribution in [0.2, 0.25) is 5.02 Å². The van der Waals surface area contributed by atoms with E-state index in [-0.39, 0.29) is 0 Å². The van der Waals surface area contributed by atoms with Crippen LogP contribution in [0.5, 0.6) is 0 Å². The van der Waals surface area contributed by atoms with Crippen molar-refractivity contribution in [2.24, 2.45) is 0 Å². The van der Waals surface area contributed by atoms with Gasteiger partial charge in [-0.2, -0.15) is 0 Å². The highest BCUT2D eigenvalue weighted by Gasteiger charge is 2.29. The zero-order chi connectivity index (χ0) is 10.4. The van der Waals surface area contributed by atoms with Crippen LogP contribution in [-0.4, -0.2) is 11.3 Å². The second-order valence-corrected chi connectivity index (χ2v) is 4.19. The van der Waals surface area contributed by atoms with Gasteiger partial charge in [-0.05, 0) is 25.0 Å². The standard InChI is InChI=1S/C11H8ClNO2/c12-8-4-9-10(3-7(8)5-14)15-11(13-9)6-1-2-6/h3-6H,1-2H2. The van der Waals surface area contributed by atoms with Crippen molar-refractivity contribution >= 4 is 29.0 Å². The second-order valence-electron chi connectivity index (χ2n) is 3.79. The fourth-order valence-electron chi connectivity index (χ4n) is 1.58. The first-order chi connectivity index (χ1) is 7.28. The Bertz CT molecular complexity index is 543. The molecule has 3 nitrogen and oxygen atoms in total. The maximum atomic E-state index is 10.7. The number of carbonyl (C=O) groups is 1. The predicted octanol–water partition coefficient (Wildman–Crippen LogP) is 3.17. The van der Waals surface area contributed by atoms with E-state index in [1.807, 2.05) is 0 Å². The average molecular weight is 222 g/mol. The Hall–Kier alpha value is -1.35. The van der Waals surface area contributed by atoms with Crippen molar-refractivity contribution in [1.82, 2.24) is 4.98 Å². The number of hydrogen-bond donors (Lipinski definition) is 0. The largest absolute Gasteiger partial charge is 0.440 e. The summed E-state index contributed by atoms with van der Waals surface area (Å²) < 4.78 is 5.56. The normalized spacial score (nSPS) is 15.8. The van der Waals surface area contributed by atoms with Gasteiger partial charge in [0, 0.05) is 11.5 Å². The fourth-order valence-corrected chi connectivity index (χ4v) is 1.78. The molecule has 1 aromatic heterocycles. The van der Waals surface area contributed by atoms with Crippen LogP contribution in [0.1, 0.15) is 35.0 Å². The highest BCUT2D eigenvalue weighted by atomic mass is 35.5. The molecule has 1 aromatic carbocycles. The van der Waals surface area contributed by atoms with Crippen LogP contribution in [0.15, 0.2) is 16.5 Å². The zero-order valence-corrected chi connectivity index (χ0v) is 8.62. The van der Waals surface area contributed by atoms with Crippen molar-refractivity contribution in [2.45, 2.75) is 18.8 Å². The summed E-state index contributed by atoms with van der Waals surface area (Å²) in [7, 11) is 0. The molecule has 1 fully saturated rings. The molecule has 0 amide bonds. The molecule has 1 saturated carbocycles. The Morgan fingerprint density at radius 3 is 2.93 bits per heavy atom. The van der Waals surface area contributed by atoms with Gasteiger partial charge in [-0.25, -0.2) is 4.98 Å². The summed E-state index contributed by atoms with van der Waals surface area (Å²) in [5.74, 6) is 1.24. The number of carbonyl (C=O) groups excluding carboxylic acids is 1. The van der Waals surface area contributed by atoms with E-state index in [0.29, 0.717) is 22.1 Å². The van der Waals surface area contributed by atoms with E-state index in [1.165, 1.54) is 0 Å². The summed E-state index contributed by atoms with van der Waals surface area (Å²) in [4.78, 5) is 15.0. The van der Waals surface area contributed by atoms with Crippen molar-refractivity contribution in [1.29, 1.82) is 0 Å². The first kappa shape index (κ1) is 8.92. The van der Waals surface area contributed by atoms with Crippen LogP contribution in [0.3, 0.4) is 0 Å². The lowest BCUT2D eigenvalue weighted by Crippen LogP contribution is -1.81. The molecule has 0 radical (unpaired) electrons. The van der Waals surface area contributed by atoms with Gasteiger partial charge in [-0.3, -0.25) is 4.79 Å². The predicted molar refractivity (Wildman–Crippen MR) is 56.4 cm³/mol. The highest BCUT2D eigenvalue weighted by Crippen LogP contribution is 2.40. The number of halogens is 1. The summed E-state index contributed by atoms with van der Waals surface area (Å²) in [6, 6.07) is 3.32. The maximum Gasteiger partial charge on any atom is 0.198 e. The van der Waals surface area contributed by atoms with Crippen LogP contribution >= 0.6 is 11.6 Å². The summed E-state index contributed by atoms with van der Waals surface area (Å²) in [5.41, 5.74) is 1.82. The Morgan fingerprint density at radius 2 is 2.27 bits per heavy atom. The van der Waals surface area contributed by atoms with E-state index < -0.39 is 0 Å². The van der Waals surface area contributed by atoms with Crippen LogP contribution in [-0.2, 0) is 0 Å². The molecule has 0 saturated heterocycles. The minimum absolute atomic E-state index is 0.424. The third-order valence-electron chi connectivity index (χ3n) is 2.58. The second kappa shape index (κ2) is 3.07. The maximum absolute atomic E-state index is 10.7. The van der Waals surface area contributed by atoms with Gasteiger partial charge in [0.15, 0.2) is 17.8 Å². The summed E-state index contributed by atoms with van der Waals surface area (Å²) in [6.45, 7) is 0. The molecule has 1 aliphatic rings. The Morgan fingerprint density at radius 1 is 1.47 bits per heavy atom. The van der Waals surface area contributed by atoms with Gasteiger partial charge in [-0.1, -0.05) is 11.6 Å². The van der Waals surface area contributed by atoms with Crippen LogP contribution < -0.4 is 0 Å². The number of nitrogens with zero attached hydrogens (tertiary/aromatic N) is 1. The zero-order valence-electron chi connectivity index (χ0n) is 7.87. The number of aromatic nitrogens is 1. The molecule has 0 atom stereocenters. The Kier molecular flexibility index (Phi) is 1.83. The fraction of sp³-hybridized carbons (Fsp3) is 0.273. The first-order valence-corrected chi connectivity index (χ1v) is 5.21.